The monoisotopic (exact) mass is 399 g/mol. The highest BCUT2D eigenvalue weighted by molar-refractivity contribution is 5.76. The van der Waals surface area contributed by atoms with E-state index in [2.05, 4.69) is 46.4 Å². The lowest BCUT2D eigenvalue weighted by Crippen LogP contribution is -2.44. The van der Waals surface area contributed by atoms with E-state index in [0.29, 0.717) is 19.3 Å². The van der Waals surface area contributed by atoms with Gasteiger partial charge < -0.3 is 20.2 Å². The number of nitrogens with zero attached hydrogens (tertiary/aromatic N) is 2. The zero-order valence-corrected chi connectivity index (χ0v) is 17.2. The number of aromatic hydroxyl groups is 1. The van der Waals surface area contributed by atoms with Gasteiger partial charge in [0.1, 0.15) is 0 Å². The summed E-state index contributed by atoms with van der Waals surface area (Å²) in [5, 5.41) is 12.3. The van der Waals surface area contributed by atoms with Gasteiger partial charge >= 0.3 is 0 Å². The molecule has 156 valence electrons. The van der Waals surface area contributed by atoms with Crippen LogP contribution in [0.2, 0.25) is 0 Å². The molecule has 1 amide bonds. The van der Waals surface area contributed by atoms with Gasteiger partial charge in [-0.25, -0.2) is 4.39 Å². The maximum absolute atomic E-state index is 13.4. The fourth-order valence-electron chi connectivity index (χ4n) is 3.59. The number of amides is 1. The van der Waals surface area contributed by atoms with Crippen LogP contribution in [-0.4, -0.2) is 49.1 Å². The maximum Gasteiger partial charge on any atom is 0.220 e. The predicted octanol–water partition coefficient (Wildman–Crippen LogP) is 3.48. The molecule has 2 aromatic rings. The second-order valence-electron chi connectivity index (χ2n) is 7.81. The van der Waals surface area contributed by atoms with E-state index in [4.69, 9.17) is 0 Å². The highest BCUT2D eigenvalue weighted by Gasteiger charge is 2.15. The minimum Gasteiger partial charge on any atom is -0.505 e. The van der Waals surface area contributed by atoms with Gasteiger partial charge in [-0.3, -0.25) is 4.79 Å². The molecule has 5 nitrogen and oxygen atoms in total. The fourth-order valence-corrected chi connectivity index (χ4v) is 3.59. The summed E-state index contributed by atoms with van der Waals surface area (Å²) >= 11 is 0. The molecule has 3 rings (SSSR count). The molecule has 0 aliphatic carbocycles. The minimum absolute atomic E-state index is 0.0140. The number of piperazine rings is 1. The van der Waals surface area contributed by atoms with E-state index < -0.39 is 5.82 Å². The van der Waals surface area contributed by atoms with Gasteiger partial charge in [-0.2, -0.15) is 0 Å². The van der Waals surface area contributed by atoms with E-state index in [-0.39, 0.29) is 17.7 Å². The first-order valence-corrected chi connectivity index (χ1v) is 10.2. The lowest BCUT2D eigenvalue weighted by molar-refractivity contribution is -0.121. The topological polar surface area (TPSA) is 55.8 Å². The van der Waals surface area contributed by atoms with Gasteiger partial charge in [-0.1, -0.05) is 18.2 Å². The predicted molar refractivity (Wildman–Crippen MR) is 114 cm³/mol. The second kappa shape index (κ2) is 9.74. The number of likely N-dealkylation sites (N-methyl/N-ethyl adjacent to an activating group) is 1. The average Bonchev–Trinajstić information content (AvgIpc) is 2.71. The van der Waals surface area contributed by atoms with Crippen LogP contribution >= 0.6 is 0 Å². The van der Waals surface area contributed by atoms with E-state index in [1.807, 2.05) is 6.92 Å². The van der Waals surface area contributed by atoms with Crippen molar-refractivity contribution in [2.45, 2.75) is 32.2 Å². The summed E-state index contributed by atoms with van der Waals surface area (Å²) in [6, 6.07) is 12.7. The largest absolute Gasteiger partial charge is 0.505 e. The van der Waals surface area contributed by atoms with Gasteiger partial charge in [0.15, 0.2) is 11.6 Å². The molecular weight excluding hydrogens is 369 g/mol. The Labute approximate surface area is 172 Å². The number of phenolic OH excluding ortho intramolecular Hbond substituents is 1. The maximum atomic E-state index is 13.4. The zero-order chi connectivity index (χ0) is 20.8. The van der Waals surface area contributed by atoms with E-state index in [0.717, 1.165) is 37.3 Å². The van der Waals surface area contributed by atoms with Gasteiger partial charge in [0.2, 0.25) is 5.91 Å². The molecule has 0 bridgehead atoms. The molecule has 1 aliphatic rings. The Hall–Kier alpha value is -2.60. The SMILES string of the molecule is CC(NC(=O)CCCc1ccc(O)c(F)c1)c1ccc(N2CCN(C)CC2)cc1. The molecular formula is C23H30FN3O2. The molecule has 1 aliphatic heterocycles. The van der Waals surface area contributed by atoms with Gasteiger partial charge in [0, 0.05) is 38.3 Å². The summed E-state index contributed by atoms with van der Waals surface area (Å²) in [7, 11) is 2.15. The van der Waals surface area contributed by atoms with E-state index >= 15 is 0 Å². The van der Waals surface area contributed by atoms with E-state index in [1.165, 1.54) is 17.8 Å². The molecule has 2 N–H and O–H groups in total. The van der Waals surface area contributed by atoms with E-state index in [9.17, 15) is 14.3 Å². The molecule has 6 heteroatoms. The molecule has 29 heavy (non-hydrogen) atoms. The quantitative estimate of drug-likeness (QED) is 0.748. The Kier molecular flexibility index (Phi) is 7.09. The van der Waals surface area contributed by atoms with Crippen molar-refractivity contribution in [2.24, 2.45) is 0 Å². The molecule has 1 heterocycles. The summed E-state index contributed by atoms with van der Waals surface area (Å²) in [6.07, 6.45) is 1.61. The number of nitrogens with one attached hydrogen (secondary N) is 1. The van der Waals surface area contributed by atoms with Crippen molar-refractivity contribution in [3.8, 4) is 5.75 Å². The third-order valence-electron chi connectivity index (χ3n) is 5.52. The van der Waals surface area contributed by atoms with Crippen molar-refractivity contribution in [1.29, 1.82) is 0 Å². The van der Waals surface area contributed by atoms with E-state index in [1.54, 1.807) is 6.07 Å². The average molecular weight is 400 g/mol. The molecule has 0 spiro atoms. The Bertz CT molecular complexity index is 817. The number of carbonyl (C=O) groups excluding carboxylic acids is 1. The lowest BCUT2D eigenvalue weighted by Gasteiger charge is -2.34. The Balaban J connectivity index is 1.44. The van der Waals surface area contributed by atoms with Crippen LogP contribution in [0.5, 0.6) is 5.75 Å². The normalized spacial score (nSPS) is 15.9. The summed E-state index contributed by atoms with van der Waals surface area (Å²) in [5.74, 6) is -0.987. The smallest absolute Gasteiger partial charge is 0.220 e. The summed E-state index contributed by atoms with van der Waals surface area (Å²) in [6.45, 7) is 6.20. The van der Waals surface area contributed by atoms with Crippen molar-refractivity contribution in [1.82, 2.24) is 10.2 Å². The van der Waals surface area contributed by atoms with Gasteiger partial charge in [-0.05, 0) is 62.2 Å². The van der Waals surface area contributed by atoms with Crippen molar-refractivity contribution in [2.75, 3.05) is 38.1 Å². The highest BCUT2D eigenvalue weighted by atomic mass is 19.1. The summed E-state index contributed by atoms with van der Waals surface area (Å²) in [4.78, 5) is 17.0. The number of halogens is 1. The van der Waals surface area contributed by atoms with Crippen LogP contribution in [0.1, 0.15) is 36.9 Å². The summed E-state index contributed by atoms with van der Waals surface area (Å²) in [5.41, 5.74) is 3.08. The van der Waals surface area contributed by atoms with Crippen LogP contribution in [0.4, 0.5) is 10.1 Å². The third-order valence-corrected chi connectivity index (χ3v) is 5.52. The molecule has 1 fully saturated rings. The number of anilines is 1. The van der Waals surface area contributed by atoms with Crippen LogP contribution < -0.4 is 10.2 Å². The number of phenols is 1. The zero-order valence-electron chi connectivity index (χ0n) is 17.2. The molecule has 1 unspecified atom stereocenters. The van der Waals surface area contributed by atoms with Crippen LogP contribution in [-0.2, 0) is 11.2 Å². The molecule has 0 radical (unpaired) electrons. The Morgan fingerprint density at radius 1 is 1.14 bits per heavy atom. The number of aryl methyl sites for hydroxylation is 1. The van der Waals surface area contributed by atoms with Crippen molar-refractivity contribution < 1.29 is 14.3 Å². The molecule has 1 atom stereocenters. The van der Waals surface area contributed by atoms with Crippen molar-refractivity contribution >= 4 is 11.6 Å². The van der Waals surface area contributed by atoms with Crippen LogP contribution in [0.25, 0.3) is 0 Å². The number of benzene rings is 2. The summed E-state index contributed by atoms with van der Waals surface area (Å²) < 4.78 is 13.4. The molecule has 0 aromatic heterocycles. The van der Waals surface area contributed by atoms with Gasteiger partial charge in [0.05, 0.1) is 6.04 Å². The Morgan fingerprint density at radius 3 is 2.48 bits per heavy atom. The molecule has 1 saturated heterocycles. The first-order chi connectivity index (χ1) is 13.9. The number of rotatable bonds is 7. The third kappa shape index (κ3) is 5.94. The highest BCUT2D eigenvalue weighted by Crippen LogP contribution is 2.21. The fraction of sp³-hybridized carbons (Fsp3) is 0.435. The first kappa shape index (κ1) is 21.1. The minimum atomic E-state index is -0.624. The van der Waals surface area contributed by atoms with Crippen LogP contribution in [0.3, 0.4) is 0 Å². The van der Waals surface area contributed by atoms with Crippen molar-refractivity contribution in [3.05, 3.63) is 59.4 Å². The van der Waals surface area contributed by atoms with Crippen LogP contribution in [0.15, 0.2) is 42.5 Å². The second-order valence-corrected chi connectivity index (χ2v) is 7.81. The first-order valence-electron chi connectivity index (χ1n) is 10.2. The standard InChI is InChI=1S/C23H30FN3O2/c1-17(19-7-9-20(10-8-19)27-14-12-26(2)13-15-27)25-23(29)5-3-4-18-6-11-22(28)21(24)16-18/h6-11,16-17,28H,3-5,12-15H2,1-2H3,(H,25,29). The number of carbonyl (C=O) groups is 1. The number of hydrogen-bond donors (Lipinski definition) is 2. The number of hydrogen-bond acceptors (Lipinski definition) is 4. The molecule has 0 saturated carbocycles. The molecule has 2 aromatic carbocycles. The van der Waals surface area contributed by atoms with Crippen molar-refractivity contribution in [3.63, 3.8) is 0 Å². The van der Waals surface area contributed by atoms with Crippen LogP contribution in [0, 0.1) is 5.82 Å². The Morgan fingerprint density at radius 2 is 1.83 bits per heavy atom. The van der Waals surface area contributed by atoms with Gasteiger partial charge in [-0.15, -0.1) is 0 Å². The van der Waals surface area contributed by atoms with Gasteiger partial charge in [0.25, 0.3) is 0 Å². The lowest BCUT2D eigenvalue weighted by atomic mass is 10.1.